The number of amides is 6. The number of imide groups is 2. The van der Waals surface area contributed by atoms with E-state index in [2.05, 4.69) is 36.7 Å². The molecule has 1 atom stereocenters. The molecule has 2 saturated heterocycles. The van der Waals surface area contributed by atoms with Crippen LogP contribution in [0.3, 0.4) is 0 Å². The zero-order chi connectivity index (χ0) is 21.0. The third-order valence-corrected chi connectivity index (χ3v) is 4.47. The highest BCUT2D eigenvalue weighted by Crippen LogP contribution is 2.21. The van der Waals surface area contributed by atoms with Crippen LogP contribution in [0.4, 0.5) is 4.79 Å². The van der Waals surface area contributed by atoms with E-state index in [4.69, 9.17) is 4.94 Å². The number of nitrogens with zero attached hydrogens (tertiary/aromatic N) is 4. The molecular weight excluding hydrogens is 516 g/mol. The Hall–Kier alpha value is -2.10. The molecule has 2 fully saturated rings. The van der Waals surface area contributed by atoms with Gasteiger partial charge in [0, 0.05) is 25.7 Å². The Morgan fingerprint density at radius 2 is 1.57 bits per heavy atom. The number of aliphatic hydroxyl groups is 1. The topological polar surface area (TPSA) is 154 Å². The number of carbonyl (C=O) groups excluding carboxylic acids is 6. The van der Waals surface area contributed by atoms with Crippen LogP contribution in [0.1, 0.15) is 25.7 Å². The van der Waals surface area contributed by atoms with Crippen molar-refractivity contribution in [2.45, 2.75) is 31.9 Å². The van der Waals surface area contributed by atoms with Crippen molar-refractivity contribution < 1.29 is 43.6 Å². The second-order valence-corrected chi connectivity index (χ2v) is 6.52. The number of hydrazine groups is 1. The summed E-state index contributed by atoms with van der Waals surface area (Å²) in [5.41, 5.74) is 0. The SMILES string of the molecule is O=C1CCC(=O)N1OC(=O)N(C(=O)CBr)N(ON1C(=O)CCC1O)C(=O)CBr. The molecule has 0 aromatic carbocycles. The third kappa shape index (κ3) is 4.65. The molecule has 2 heterocycles. The van der Waals surface area contributed by atoms with Gasteiger partial charge in [-0.3, -0.25) is 24.0 Å². The summed E-state index contributed by atoms with van der Waals surface area (Å²) in [4.78, 5) is 81.5. The molecule has 15 heteroatoms. The summed E-state index contributed by atoms with van der Waals surface area (Å²) >= 11 is 5.65. The van der Waals surface area contributed by atoms with Crippen molar-refractivity contribution in [3.63, 3.8) is 0 Å². The average molecular weight is 530 g/mol. The van der Waals surface area contributed by atoms with Gasteiger partial charge in [-0.05, 0) is 0 Å². The highest BCUT2D eigenvalue weighted by Gasteiger charge is 2.42. The minimum absolute atomic E-state index is 0.00277. The summed E-state index contributed by atoms with van der Waals surface area (Å²) in [5, 5.41) is 9.57. The number of hydrogen-bond acceptors (Lipinski definition) is 9. The number of alkyl halides is 2. The van der Waals surface area contributed by atoms with Gasteiger partial charge in [-0.1, -0.05) is 37.0 Å². The Bertz CT molecular complexity index is 702. The first kappa shape index (κ1) is 22.2. The lowest BCUT2D eigenvalue weighted by Gasteiger charge is -2.33. The number of hydrogen-bond donors (Lipinski definition) is 1. The fraction of sp³-hybridized carbons (Fsp3) is 0.538. The van der Waals surface area contributed by atoms with Crippen LogP contribution in [0.5, 0.6) is 0 Å². The fourth-order valence-electron chi connectivity index (χ4n) is 2.18. The Balaban J connectivity index is 2.29. The van der Waals surface area contributed by atoms with Crippen LogP contribution in [0.15, 0.2) is 0 Å². The van der Waals surface area contributed by atoms with Gasteiger partial charge in [0.2, 0.25) is 0 Å². The summed E-state index contributed by atoms with van der Waals surface area (Å²) in [5.74, 6) is -4.44. The van der Waals surface area contributed by atoms with E-state index in [-0.39, 0.29) is 40.9 Å². The molecule has 1 unspecified atom stereocenters. The smallest absolute Gasteiger partial charge is 0.371 e. The summed E-state index contributed by atoms with van der Waals surface area (Å²) in [6.45, 7) is 0. The van der Waals surface area contributed by atoms with Crippen LogP contribution >= 0.6 is 31.9 Å². The lowest BCUT2D eigenvalue weighted by Crippen LogP contribution is -2.58. The standard InChI is InChI=1S/C13H14Br2N4O9/c14-5-11(24)16(13(26)27-17-7(20)1-2-8(17)21)19(12(25)6-15)28-18-9(22)3-4-10(18)23/h9,22H,1-6H2. The van der Waals surface area contributed by atoms with Crippen molar-refractivity contribution in [2.75, 3.05) is 10.7 Å². The highest BCUT2D eigenvalue weighted by atomic mass is 79.9. The predicted octanol–water partition coefficient (Wildman–Crippen LogP) is -0.664. The first-order valence-electron chi connectivity index (χ1n) is 7.75. The molecule has 2 aliphatic rings. The molecule has 0 aromatic rings. The lowest BCUT2D eigenvalue weighted by atomic mass is 10.4. The molecule has 154 valence electrons. The Kier molecular flexibility index (Phi) is 7.45. The van der Waals surface area contributed by atoms with Gasteiger partial charge < -0.3 is 9.94 Å². The van der Waals surface area contributed by atoms with Crippen LogP contribution in [-0.4, -0.2) is 77.9 Å². The summed E-state index contributed by atoms with van der Waals surface area (Å²) < 4.78 is 0. The first-order chi connectivity index (χ1) is 13.2. The summed E-state index contributed by atoms with van der Waals surface area (Å²) in [6, 6.07) is 0. The molecule has 0 radical (unpaired) electrons. The number of aliphatic hydroxyl groups excluding tert-OH is 1. The quantitative estimate of drug-likeness (QED) is 0.277. The maximum atomic E-state index is 12.5. The number of hydroxylamine groups is 5. The summed E-state index contributed by atoms with van der Waals surface area (Å²) in [7, 11) is 0. The summed E-state index contributed by atoms with van der Waals surface area (Å²) in [6.07, 6.45) is -3.49. The minimum atomic E-state index is -1.61. The number of carbonyl (C=O) groups is 6. The maximum Gasteiger partial charge on any atom is 0.463 e. The van der Waals surface area contributed by atoms with Gasteiger partial charge in [0.15, 0.2) is 6.23 Å². The largest absolute Gasteiger partial charge is 0.463 e. The predicted molar refractivity (Wildman–Crippen MR) is 92.0 cm³/mol. The molecule has 13 nitrogen and oxygen atoms in total. The van der Waals surface area contributed by atoms with Gasteiger partial charge in [0.05, 0.1) is 10.7 Å². The van der Waals surface area contributed by atoms with Crippen LogP contribution in [0, 0.1) is 0 Å². The minimum Gasteiger partial charge on any atom is -0.371 e. The van der Waals surface area contributed by atoms with Gasteiger partial charge in [0.25, 0.3) is 29.5 Å². The van der Waals surface area contributed by atoms with E-state index < -0.39 is 52.5 Å². The van der Waals surface area contributed by atoms with Crippen molar-refractivity contribution in [1.29, 1.82) is 0 Å². The monoisotopic (exact) mass is 528 g/mol. The molecule has 28 heavy (non-hydrogen) atoms. The van der Waals surface area contributed by atoms with E-state index >= 15 is 0 Å². The van der Waals surface area contributed by atoms with Crippen molar-refractivity contribution >= 4 is 67.5 Å². The van der Waals surface area contributed by atoms with Gasteiger partial charge in [-0.2, -0.15) is 5.06 Å². The van der Waals surface area contributed by atoms with Crippen LogP contribution in [0.25, 0.3) is 0 Å². The zero-order valence-electron chi connectivity index (χ0n) is 14.1. The molecule has 0 bridgehead atoms. The van der Waals surface area contributed by atoms with Crippen molar-refractivity contribution in [2.24, 2.45) is 0 Å². The maximum absolute atomic E-state index is 12.5. The second kappa shape index (κ2) is 9.40. The molecular formula is C13H14Br2N4O9. The van der Waals surface area contributed by atoms with E-state index in [1.54, 1.807) is 0 Å². The first-order valence-corrected chi connectivity index (χ1v) is 9.99. The molecule has 0 aliphatic carbocycles. The van der Waals surface area contributed by atoms with Crippen LogP contribution in [0.2, 0.25) is 0 Å². The Labute approximate surface area is 174 Å². The van der Waals surface area contributed by atoms with Crippen LogP contribution in [-0.2, 0) is 33.7 Å². The van der Waals surface area contributed by atoms with Crippen molar-refractivity contribution in [1.82, 2.24) is 20.3 Å². The zero-order valence-corrected chi connectivity index (χ0v) is 17.2. The lowest BCUT2D eigenvalue weighted by molar-refractivity contribution is -0.366. The molecule has 0 spiro atoms. The van der Waals surface area contributed by atoms with Gasteiger partial charge in [-0.25, -0.2) is 4.79 Å². The number of rotatable bonds is 5. The second-order valence-electron chi connectivity index (χ2n) is 5.40. The molecule has 0 saturated carbocycles. The van der Waals surface area contributed by atoms with E-state index in [1.165, 1.54) is 0 Å². The average Bonchev–Trinajstić information content (AvgIpc) is 3.16. The molecule has 6 amide bonds. The van der Waals surface area contributed by atoms with E-state index in [0.717, 1.165) is 0 Å². The third-order valence-electron chi connectivity index (χ3n) is 3.51. The van der Waals surface area contributed by atoms with E-state index in [0.29, 0.717) is 5.06 Å². The van der Waals surface area contributed by atoms with E-state index in [9.17, 15) is 33.9 Å². The Morgan fingerprint density at radius 3 is 2.04 bits per heavy atom. The van der Waals surface area contributed by atoms with Crippen LogP contribution < -0.4 is 0 Å². The fourth-order valence-corrected chi connectivity index (χ4v) is 2.63. The van der Waals surface area contributed by atoms with Gasteiger partial charge >= 0.3 is 6.09 Å². The normalized spacial score (nSPS) is 19.2. The van der Waals surface area contributed by atoms with Crippen molar-refractivity contribution in [3.05, 3.63) is 0 Å². The van der Waals surface area contributed by atoms with Gasteiger partial charge in [-0.15, -0.1) is 15.0 Å². The highest BCUT2D eigenvalue weighted by molar-refractivity contribution is 9.09. The molecule has 2 rings (SSSR count). The van der Waals surface area contributed by atoms with E-state index in [1.807, 2.05) is 0 Å². The Morgan fingerprint density at radius 1 is 1.00 bits per heavy atom. The molecule has 0 aromatic heterocycles. The van der Waals surface area contributed by atoms with Gasteiger partial charge in [0.1, 0.15) is 0 Å². The molecule has 1 N–H and O–H groups in total. The molecule has 2 aliphatic heterocycles. The van der Waals surface area contributed by atoms with Crippen molar-refractivity contribution in [3.8, 4) is 0 Å². The number of halogens is 2.